The van der Waals surface area contributed by atoms with Crippen LogP contribution in [-0.2, 0) is 39.4 Å². The highest BCUT2D eigenvalue weighted by Gasteiger charge is 2.45. The number of ether oxygens (including phenoxy) is 2. The Labute approximate surface area is 252 Å². The van der Waals surface area contributed by atoms with Gasteiger partial charge >= 0.3 is 8.25 Å². The molecule has 0 radical (unpaired) electrons. The van der Waals surface area contributed by atoms with Crippen molar-refractivity contribution in [3.05, 3.63) is 30.2 Å². The number of imidazole rings is 2. The van der Waals surface area contributed by atoms with E-state index in [1.165, 1.54) is 19.0 Å². The number of nitroso groups, excluding NO2 is 1. The maximum Gasteiger partial charge on any atom is 0.697 e. The molecule has 6 heterocycles. The molecule has 0 aromatic carbocycles. The average Bonchev–Trinajstić information content (AvgIpc) is 3.76. The second kappa shape index (κ2) is 12.6. The molecule has 0 bridgehead atoms. The Bertz CT molecular complexity index is 1710. The summed E-state index contributed by atoms with van der Waals surface area (Å²) in [5.74, 6) is 0.468. The molecular formula is C20H24N11O8P2S2+. The maximum atomic E-state index is 12.9. The van der Waals surface area contributed by atoms with E-state index < -0.39 is 32.4 Å². The van der Waals surface area contributed by atoms with E-state index >= 15 is 0 Å². The number of hydrogen-bond donors (Lipinski definition) is 3. The summed E-state index contributed by atoms with van der Waals surface area (Å²) >= 11 is 5.15. The molecule has 23 heteroatoms. The molecule has 19 nitrogen and oxygen atoms in total. The first kappa shape index (κ1) is 30.2. The number of rotatable bonds is 12. The smallest absolute Gasteiger partial charge is 0.382 e. The summed E-state index contributed by atoms with van der Waals surface area (Å²) in [4.78, 5) is 45.6. The van der Waals surface area contributed by atoms with E-state index in [1.807, 2.05) is 0 Å². The van der Waals surface area contributed by atoms with Gasteiger partial charge in [-0.05, 0) is 24.6 Å². The van der Waals surface area contributed by atoms with Crippen molar-refractivity contribution < 1.29 is 32.5 Å². The maximum absolute atomic E-state index is 12.9. The number of nitrogens with two attached hydrogens (primary N) is 2. The molecular weight excluding hydrogens is 648 g/mol. The first-order valence-corrected chi connectivity index (χ1v) is 17.8. The normalized spacial score (nSPS) is 25.8. The molecule has 2 aliphatic rings. The fraction of sp³-hybridized carbons (Fsp3) is 0.500. The number of hydrogen-bond acceptors (Lipinski definition) is 18. The van der Waals surface area contributed by atoms with Crippen molar-refractivity contribution >= 4 is 71.3 Å². The Morgan fingerprint density at radius 2 is 1.67 bits per heavy atom. The summed E-state index contributed by atoms with van der Waals surface area (Å²) < 4.78 is 47.6. The standard InChI is InChI=1S/C20H23N11O8P2S2/c21-17-15-19(25-6-23-17)30(8-27-15)13-2-1-10(37-13)4-35-40(33)39-11-3-14(38-12(11)5-36-41(34,42)43-29-32)31-9-28-16-18(22)24-7-26-20(16)31/h6-14H,1-5H2,(H4-,21,22,23,24,25,26,34,42)/p+1/t10-,11-,12+,13+,14+,41?/m0/s1. The van der Waals surface area contributed by atoms with Crippen LogP contribution in [0.15, 0.2) is 29.9 Å². The Kier molecular flexibility index (Phi) is 8.88. The molecule has 2 saturated heterocycles. The van der Waals surface area contributed by atoms with Crippen molar-refractivity contribution in [2.45, 2.75) is 50.0 Å². The lowest BCUT2D eigenvalue weighted by molar-refractivity contribution is -0.0372. The van der Waals surface area contributed by atoms with Crippen LogP contribution < -0.4 is 11.5 Å². The third kappa shape index (κ3) is 6.51. The Morgan fingerprint density at radius 1 is 1.02 bits per heavy atom. The average molecular weight is 673 g/mol. The summed E-state index contributed by atoms with van der Waals surface area (Å²) in [5.41, 5.74) is 10.0. The molecule has 2 fully saturated rings. The molecule has 43 heavy (non-hydrogen) atoms. The van der Waals surface area contributed by atoms with Crippen LogP contribution in [0.3, 0.4) is 0 Å². The molecule has 0 amide bonds. The van der Waals surface area contributed by atoms with E-state index in [9.17, 15) is 14.4 Å². The van der Waals surface area contributed by atoms with Gasteiger partial charge in [-0.25, -0.2) is 29.9 Å². The summed E-state index contributed by atoms with van der Waals surface area (Å²) in [6.45, 7) is -0.278. The van der Waals surface area contributed by atoms with Crippen LogP contribution in [0.2, 0.25) is 0 Å². The summed E-state index contributed by atoms with van der Waals surface area (Å²) in [6.07, 6.45) is 4.08. The number of nitrogens with zero attached hydrogens (tertiary/aromatic N) is 9. The monoisotopic (exact) mass is 672 g/mol. The van der Waals surface area contributed by atoms with Crippen LogP contribution >= 0.6 is 25.5 Å². The van der Waals surface area contributed by atoms with Gasteiger partial charge in [-0.2, -0.15) is 0 Å². The third-order valence-corrected chi connectivity index (χ3v) is 10.4. The Balaban J connectivity index is 1.09. The van der Waals surface area contributed by atoms with Crippen LogP contribution in [0.1, 0.15) is 31.7 Å². The highest BCUT2D eigenvalue weighted by Crippen LogP contribution is 2.57. The van der Waals surface area contributed by atoms with E-state index in [0.717, 1.165) is 0 Å². The molecule has 6 rings (SSSR count). The molecule has 0 aliphatic carbocycles. The largest absolute Gasteiger partial charge is 0.697 e. The van der Waals surface area contributed by atoms with Crippen molar-refractivity contribution in [1.82, 2.24) is 39.0 Å². The zero-order chi connectivity index (χ0) is 30.1. The van der Waals surface area contributed by atoms with Gasteiger partial charge in [-0.1, -0.05) is 0 Å². The van der Waals surface area contributed by atoms with Gasteiger partial charge in [-0.15, -0.1) is 14.0 Å². The Hall–Kier alpha value is -2.84. The quantitative estimate of drug-likeness (QED) is 0.111. The van der Waals surface area contributed by atoms with Crippen molar-refractivity contribution in [1.29, 1.82) is 0 Å². The SMILES string of the molecule is Nc1ncnc2c1ncn2[C@H]1CC[C@@H](CO[P+](=O)O[C@H]2C[C@H](n3cnc4c(N)ncnc43)O[C@@H]2COP(O)(=S)SN=O)O1. The van der Waals surface area contributed by atoms with E-state index in [1.54, 1.807) is 15.5 Å². The second-order valence-corrected chi connectivity index (χ2v) is 16.0. The van der Waals surface area contributed by atoms with E-state index in [0.29, 0.717) is 35.2 Å². The molecule has 2 aliphatic heterocycles. The zero-order valence-corrected chi connectivity index (χ0v) is 25.3. The van der Waals surface area contributed by atoms with Gasteiger partial charge in [0.25, 0.3) is 5.69 Å². The predicted molar refractivity (Wildman–Crippen MR) is 155 cm³/mol. The fourth-order valence-corrected chi connectivity index (χ4v) is 7.09. The molecule has 0 saturated carbocycles. The second-order valence-electron chi connectivity index (χ2n) is 9.40. The first-order valence-electron chi connectivity index (χ1n) is 12.6. The minimum Gasteiger partial charge on any atom is -0.382 e. The van der Waals surface area contributed by atoms with Crippen LogP contribution in [0.4, 0.5) is 11.6 Å². The zero-order valence-electron chi connectivity index (χ0n) is 21.9. The van der Waals surface area contributed by atoms with Gasteiger partial charge in [0.15, 0.2) is 22.9 Å². The number of fused-ring (bicyclic) bond motifs is 2. The van der Waals surface area contributed by atoms with Gasteiger partial charge in [0.2, 0.25) is 0 Å². The molecule has 7 atom stereocenters. The summed E-state index contributed by atoms with van der Waals surface area (Å²) in [7, 11) is -2.63. The third-order valence-electron chi connectivity index (χ3n) is 6.79. The molecule has 0 spiro atoms. The molecule has 4 aromatic rings. The van der Waals surface area contributed by atoms with E-state index in [4.69, 9.17) is 46.3 Å². The highest BCUT2D eigenvalue weighted by molar-refractivity contribution is 8.67. The minimum absolute atomic E-state index is 0.00489. The number of aromatic nitrogens is 8. The fourth-order valence-electron chi connectivity index (χ4n) is 4.83. The van der Waals surface area contributed by atoms with Crippen molar-refractivity contribution in [3.63, 3.8) is 0 Å². The van der Waals surface area contributed by atoms with Crippen molar-refractivity contribution in [2.75, 3.05) is 24.7 Å². The lowest BCUT2D eigenvalue weighted by atomic mass is 10.2. The number of anilines is 2. The highest BCUT2D eigenvalue weighted by atomic mass is 32.9. The molecule has 4 aromatic heterocycles. The lowest BCUT2D eigenvalue weighted by Crippen LogP contribution is -2.27. The summed E-state index contributed by atoms with van der Waals surface area (Å²) in [5, 5.41) is 0. The predicted octanol–water partition coefficient (Wildman–Crippen LogP) is 2.50. The minimum atomic E-state index is -3.57. The van der Waals surface area contributed by atoms with Gasteiger partial charge < -0.3 is 30.4 Å². The lowest BCUT2D eigenvalue weighted by Gasteiger charge is -2.18. The van der Waals surface area contributed by atoms with Gasteiger partial charge in [0, 0.05) is 15.6 Å². The van der Waals surface area contributed by atoms with Crippen LogP contribution in [0.5, 0.6) is 0 Å². The van der Waals surface area contributed by atoms with Gasteiger partial charge in [-0.3, -0.25) is 9.13 Å². The molecule has 2 unspecified atom stereocenters. The van der Waals surface area contributed by atoms with Crippen LogP contribution in [-0.4, -0.2) is 75.5 Å². The van der Waals surface area contributed by atoms with Crippen LogP contribution in [0, 0.1) is 4.91 Å². The van der Waals surface area contributed by atoms with Gasteiger partial charge in [0.05, 0.1) is 25.4 Å². The van der Waals surface area contributed by atoms with Crippen molar-refractivity contribution in [2.24, 2.45) is 4.58 Å². The summed E-state index contributed by atoms with van der Waals surface area (Å²) in [6, 6.07) is 0. The van der Waals surface area contributed by atoms with Gasteiger partial charge in [0.1, 0.15) is 66.5 Å². The molecule has 5 N–H and O–H groups in total. The van der Waals surface area contributed by atoms with Crippen LogP contribution in [0.25, 0.3) is 22.3 Å². The topological polar surface area (TPSA) is 252 Å². The molecule has 228 valence electrons. The number of nitrogen functional groups attached to an aromatic ring is 2. The van der Waals surface area contributed by atoms with E-state index in [2.05, 4.69) is 34.5 Å². The van der Waals surface area contributed by atoms with Crippen molar-refractivity contribution in [3.8, 4) is 0 Å². The Morgan fingerprint density at radius 3 is 2.33 bits per heavy atom. The van der Waals surface area contributed by atoms with E-state index in [-0.39, 0.29) is 55.2 Å². The first-order chi connectivity index (χ1) is 20.7.